The maximum absolute atomic E-state index is 12.7. The highest BCUT2D eigenvalue weighted by Crippen LogP contribution is 2.22. The van der Waals surface area contributed by atoms with E-state index in [2.05, 4.69) is 16.0 Å². The minimum atomic E-state index is -0.639. The lowest BCUT2D eigenvalue weighted by molar-refractivity contribution is 0.102. The Kier molecular flexibility index (Phi) is 6.89. The Morgan fingerprint density at radius 2 is 1.69 bits per heavy atom. The van der Waals surface area contributed by atoms with Crippen molar-refractivity contribution in [3.05, 3.63) is 88.9 Å². The van der Waals surface area contributed by atoms with Gasteiger partial charge in [0.1, 0.15) is 18.5 Å². The third-order valence-corrected chi connectivity index (χ3v) is 5.00. The molecule has 3 aromatic rings. The number of rotatable bonds is 7. The zero-order chi connectivity index (χ0) is 22.3. The summed E-state index contributed by atoms with van der Waals surface area (Å²) in [4.78, 5) is 24.8. The van der Waals surface area contributed by atoms with E-state index in [-0.39, 0.29) is 18.6 Å². The summed E-state index contributed by atoms with van der Waals surface area (Å²) in [5.41, 5.74) is 2.15. The van der Waals surface area contributed by atoms with Crippen LogP contribution in [0.25, 0.3) is 0 Å². The second-order valence-corrected chi connectivity index (χ2v) is 7.73. The summed E-state index contributed by atoms with van der Waals surface area (Å²) in [6.45, 7) is 1.81. The van der Waals surface area contributed by atoms with Crippen molar-refractivity contribution in [2.45, 2.75) is 12.7 Å². The number of ether oxygens (including phenoxy) is 2. The number of amides is 2. The predicted octanol–water partition coefficient (Wildman–Crippen LogP) is 4.69. The number of benzene rings is 3. The number of halogens is 1. The van der Waals surface area contributed by atoms with Gasteiger partial charge in [0, 0.05) is 35.1 Å². The van der Waals surface area contributed by atoms with E-state index in [0.29, 0.717) is 22.0 Å². The van der Waals surface area contributed by atoms with Gasteiger partial charge in [0.15, 0.2) is 0 Å². The molecule has 3 aromatic carbocycles. The van der Waals surface area contributed by atoms with E-state index in [1.165, 1.54) is 12.1 Å². The Hall–Kier alpha value is -3.55. The van der Waals surface area contributed by atoms with E-state index in [1.54, 1.807) is 18.2 Å². The predicted molar refractivity (Wildman–Crippen MR) is 123 cm³/mol. The summed E-state index contributed by atoms with van der Waals surface area (Å²) in [5, 5.41) is 8.87. The van der Waals surface area contributed by atoms with Crippen LogP contribution >= 0.6 is 11.6 Å². The molecule has 0 atom stereocenters. The topological polar surface area (TPSA) is 88.7 Å². The molecule has 0 aliphatic carbocycles. The van der Waals surface area contributed by atoms with Crippen molar-refractivity contribution in [2.75, 3.05) is 23.7 Å². The van der Waals surface area contributed by atoms with Gasteiger partial charge in [-0.05, 0) is 48.0 Å². The molecule has 0 saturated carbocycles. The maximum atomic E-state index is 12.7. The van der Waals surface area contributed by atoms with Crippen molar-refractivity contribution >= 4 is 35.0 Å². The smallest absolute Gasteiger partial charge is 0.411 e. The van der Waals surface area contributed by atoms with Crippen molar-refractivity contribution < 1.29 is 19.1 Å². The Bertz CT molecular complexity index is 1090. The molecule has 1 aliphatic rings. The molecule has 3 N–H and O–H groups in total. The van der Waals surface area contributed by atoms with Crippen molar-refractivity contribution in [1.29, 1.82) is 0 Å². The fourth-order valence-electron chi connectivity index (χ4n) is 3.03. The van der Waals surface area contributed by atoms with Crippen molar-refractivity contribution in [2.24, 2.45) is 0 Å². The second-order valence-electron chi connectivity index (χ2n) is 7.29. The Balaban J connectivity index is 1.34. The van der Waals surface area contributed by atoms with Crippen molar-refractivity contribution in [1.82, 2.24) is 5.32 Å². The molecule has 0 unspecified atom stereocenters. The highest BCUT2D eigenvalue weighted by atomic mass is 35.5. The van der Waals surface area contributed by atoms with Crippen LogP contribution in [0, 0.1) is 0 Å². The SMILES string of the molecule is O=C(Nc1cc(Cl)cc(C(=O)Nc2ccc(OC3CNC3)cc2)c1)OCc1ccccc1. The number of anilines is 2. The summed E-state index contributed by atoms with van der Waals surface area (Å²) in [6.07, 6.45) is -0.452. The molecule has 0 bridgehead atoms. The van der Waals surface area contributed by atoms with E-state index in [1.807, 2.05) is 42.5 Å². The van der Waals surface area contributed by atoms with Gasteiger partial charge in [-0.25, -0.2) is 4.79 Å². The summed E-state index contributed by atoms with van der Waals surface area (Å²) < 4.78 is 11.0. The zero-order valence-electron chi connectivity index (χ0n) is 17.1. The van der Waals surface area contributed by atoms with Crippen LogP contribution in [0.2, 0.25) is 5.02 Å². The fraction of sp³-hybridized carbons (Fsp3) is 0.167. The van der Waals surface area contributed by atoms with Crippen molar-refractivity contribution in [3.8, 4) is 5.75 Å². The van der Waals surface area contributed by atoms with Gasteiger partial charge in [-0.15, -0.1) is 0 Å². The van der Waals surface area contributed by atoms with Crippen LogP contribution in [0.4, 0.5) is 16.2 Å². The quantitative estimate of drug-likeness (QED) is 0.485. The molecule has 1 aliphatic heterocycles. The maximum Gasteiger partial charge on any atom is 0.411 e. The molecule has 164 valence electrons. The first-order chi connectivity index (χ1) is 15.5. The van der Waals surface area contributed by atoms with E-state index in [9.17, 15) is 9.59 Å². The first-order valence-electron chi connectivity index (χ1n) is 10.1. The molecule has 1 heterocycles. The lowest BCUT2D eigenvalue weighted by Crippen LogP contribution is -2.50. The third-order valence-electron chi connectivity index (χ3n) is 4.78. The van der Waals surface area contributed by atoms with Crippen LogP contribution in [0.3, 0.4) is 0 Å². The minimum Gasteiger partial charge on any atom is -0.488 e. The van der Waals surface area contributed by atoms with Gasteiger partial charge in [-0.3, -0.25) is 10.1 Å². The number of carbonyl (C=O) groups excluding carboxylic acids is 2. The molecular formula is C24H22ClN3O4. The normalized spacial score (nSPS) is 13.0. The minimum absolute atomic E-state index is 0.136. The first-order valence-corrected chi connectivity index (χ1v) is 10.5. The molecule has 1 saturated heterocycles. The monoisotopic (exact) mass is 451 g/mol. The summed E-state index contributed by atoms with van der Waals surface area (Å²) in [7, 11) is 0. The average molecular weight is 452 g/mol. The molecule has 2 amide bonds. The highest BCUT2D eigenvalue weighted by molar-refractivity contribution is 6.31. The summed E-state index contributed by atoms with van der Waals surface area (Å²) in [5.74, 6) is 0.392. The van der Waals surface area contributed by atoms with E-state index in [4.69, 9.17) is 21.1 Å². The lowest BCUT2D eigenvalue weighted by atomic mass is 10.1. The largest absolute Gasteiger partial charge is 0.488 e. The highest BCUT2D eigenvalue weighted by Gasteiger charge is 2.18. The second kappa shape index (κ2) is 10.2. The van der Waals surface area contributed by atoms with Gasteiger partial charge in [0.25, 0.3) is 5.91 Å². The third kappa shape index (κ3) is 6.00. The molecule has 0 radical (unpaired) electrons. The fourth-order valence-corrected chi connectivity index (χ4v) is 3.26. The molecular weight excluding hydrogens is 430 g/mol. The van der Waals surface area contributed by atoms with Crippen LogP contribution in [0.5, 0.6) is 5.75 Å². The van der Waals surface area contributed by atoms with Crippen LogP contribution < -0.4 is 20.7 Å². The number of carbonyl (C=O) groups is 2. The lowest BCUT2D eigenvalue weighted by Gasteiger charge is -2.27. The van der Waals surface area contributed by atoms with Crippen LogP contribution in [0.15, 0.2) is 72.8 Å². The molecule has 32 heavy (non-hydrogen) atoms. The standard InChI is InChI=1S/C24H22ClN3O4/c25-18-10-17(11-20(12-18)28-24(30)31-15-16-4-2-1-3-5-16)23(29)27-19-6-8-21(9-7-19)32-22-13-26-14-22/h1-12,22,26H,13-15H2,(H,27,29)(H,28,30). The average Bonchev–Trinajstić information content (AvgIpc) is 2.76. The molecule has 0 aromatic heterocycles. The van der Waals surface area contributed by atoms with Crippen LogP contribution in [0.1, 0.15) is 15.9 Å². The molecule has 1 fully saturated rings. The Morgan fingerprint density at radius 3 is 2.38 bits per heavy atom. The van der Waals surface area contributed by atoms with Gasteiger partial charge in [0.05, 0.1) is 0 Å². The number of hydrogen-bond donors (Lipinski definition) is 3. The number of nitrogens with one attached hydrogen (secondary N) is 3. The molecule has 7 nitrogen and oxygen atoms in total. The van der Waals surface area contributed by atoms with Crippen LogP contribution in [-0.2, 0) is 11.3 Å². The van der Waals surface area contributed by atoms with Gasteiger partial charge in [0.2, 0.25) is 0 Å². The summed E-state index contributed by atoms with van der Waals surface area (Å²) in [6, 6.07) is 21.1. The van der Waals surface area contributed by atoms with Crippen LogP contribution in [-0.4, -0.2) is 31.2 Å². The summed E-state index contributed by atoms with van der Waals surface area (Å²) >= 11 is 6.15. The van der Waals surface area contributed by atoms with Gasteiger partial charge in [-0.1, -0.05) is 41.9 Å². The first kappa shape index (κ1) is 21.7. The zero-order valence-corrected chi connectivity index (χ0v) is 17.9. The Labute approximate surface area is 190 Å². The van der Waals surface area contributed by atoms with Gasteiger partial charge in [-0.2, -0.15) is 0 Å². The molecule has 4 rings (SSSR count). The van der Waals surface area contributed by atoms with E-state index >= 15 is 0 Å². The van der Waals surface area contributed by atoms with Crippen molar-refractivity contribution in [3.63, 3.8) is 0 Å². The number of hydrogen-bond acceptors (Lipinski definition) is 5. The van der Waals surface area contributed by atoms with Gasteiger partial charge < -0.3 is 20.1 Å². The molecule has 8 heteroatoms. The van der Waals surface area contributed by atoms with E-state index < -0.39 is 6.09 Å². The van der Waals surface area contributed by atoms with E-state index in [0.717, 1.165) is 24.4 Å². The Morgan fingerprint density at radius 1 is 0.938 bits per heavy atom. The molecule has 0 spiro atoms. The van der Waals surface area contributed by atoms with Gasteiger partial charge >= 0.3 is 6.09 Å².